The lowest BCUT2D eigenvalue weighted by Gasteiger charge is -2.43. The molecule has 21 heavy (non-hydrogen) atoms. The summed E-state index contributed by atoms with van der Waals surface area (Å²) in [6.45, 7) is 6.99. The zero-order chi connectivity index (χ0) is 14.9. The Morgan fingerprint density at radius 2 is 1.43 bits per heavy atom. The number of rotatable bonds is 4. The smallest absolute Gasteiger partial charge is 0.0482 e. The van der Waals surface area contributed by atoms with E-state index < -0.39 is 0 Å². The molecular weight excluding hydrogens is 256 g/mol. The van der Waals surface area contributed by atoms with E-state index >= 15 is 0 Å². The van der Waals surface area contributed by atoms with Gasteiger partial charge in [0.05, 0.1) is 0 Å². The second-order valence-corrected chi connectivity index (χ2v) is 7.30. The van der Waals surface area contributed by atoms with E-state index in [4.69, 9.17) is 5.73 Å². The fourth-order valence-electron chi connectivity index (χ4n) is 4.37. The largest absolute Gasteiger partial charge is 0.322 e. The lowest BCUT2D eigenvalue weighted by Crippen LogP contribution is -2.52. The van der Waals surface area contributed by atoms with Gasteiger partial charge in [-0.3, -0.25) is 4.90 Å². The molecule has 1 unspecified atom stereocenters. The Morgan fingerprint density at radius 3 is 1.95 bits per heavy atom. The van der Waals surface area contributed by atoms with Gasteiger partial charge in [0.15, 0.2) is 0 Å². The summed E-state index contributed by atoms with van der Waals surface area (Å²) in [7, 11) is 0. The minimum Gasteiger partial charge on any atom is -0.322 e. The van der Waals surface area contributed by atoms with Crippen LogP contribution in [0.3, 0.4) is 0 Å². The van der Waals surface area contributed by atoms with Crippen LogP contribution in [0.15, 0.2) is 24.3 Å². The van der Waals surface area contributed by atoms with Gasteiger partial charge in [-0.1, -0.05) is 51.0 Å². The molecule has 116 valence electrons. The number of likely N-dealkylation sites (tertiary alicyclic amines) is 1. The van der Waals surface area contributed by atoms with E-state index in [0.29, 0.717) is 5.92 Å². The standard InChI is InChI=1S/C19H30N2/c1-15(2)16-7-9-17(10-8-16)18(20)19(11-3-4-12-19)21-13-5-6-14-21/h7-10,15,18H,3-6,11-14,20H2,1-2H3. The van der Waals surface area contributed by atoms with E-state index in [1.165, 1.54) is 62.7 Å². The maximum Gasteiger partial charge on any atom is 0.0482 e. The highest BCUT2D eigenvalue weighted by Crippen LogP contribution is 2.44. The van der Waals surface area contributed by atoms with Crippen molar-refractivity contribution in [2.75, 3.05) is 13.1 Å². The van der Waals surface area contributed by atoms with Crippen molar-refractivity contribution in [2.45, 2.75) is 69.9 Å². The first kappa shape index (κ1) is 15.1. The van der Waals surface area contributed by atoms with Crippen molar-refractivity contribution in [1.82, 2.24) is 4.90 Å². The number of hydrogen-bond acceptors (Lipinski definition) is 2. The number of nitrogens with zero attached hydrogens (tertiary/aromatic N) is 1. The van der Waals surface area contributed by atoms with Crippen LogP contribution in [-0.4, -0.2) is 23.5 Å². The molecule has 0 aromatic heterocycles. The fourth-order valence-corrected chi connectivity index (χ4v) is 4.37. The van der Waals surface area contributed by atoms with Gasteiger partial charge in [0.1, 0.15) is 0 Å². The summed E-state index contributed by atoms with van der Waals surface area (Å²) in [5, 5.41) is 0. The van der Waals surface area contributed by atoms with Crippen molar-refractivity contribution in [3.63, 3.8) is 0 Å². The van der Waals surface area contributed by atoms with Crippen molar-refractivity contribution in [3.8, 4) is 0 Å². The van der Waals surface area contributed by atoms with Crippen LogP contribution in [0.5, 0.6) is 0 Å². The van der Waals surface area contributed by atoms with Gasteiger partial charge < -0.3 is 5.73 Å². The second kappa shape index (κ2) is 6.10. The average molecular weight is 286 g/mol. The number of benzene rings is 1. The van der Waals surface area contributed by atoms with Gasteiger partial charge in [-0.2, -0.15) is 0 Å². The van der Waals surface area contributed by atoms with Crippen molar-refractivity contribution >= 4 is 0 Å². The summed E-state index contributed by atoms with van der Waals surface area (Å²) in [6, 6.07) is 9.25. The van der Waals surface area contributed by atoms with Gasteiger partial charge >= 0.3 is 0 Å². The molecule has 1 aromatic rings. The summed E-state index contributed by atoms with van der Waals surface area (Å²) in [5.74, 6) is 0.592. The summed E-state index contributed by atoms with van der Waals surface area (Å²) < 4.78 is 0. The quantitative estimate of drug-likeness (QED) is 0.898. The van der Waals surface area contributed by atoms with Gasteiger partial charge in [0.25, 0.3) is 0 Å². The van der Waals surface area contributed by atoms with E-state index in [2.05, 4.69) is 43.0 Å². The number of nitrogens with two attached hydrogens (primary N) is 1. The van der Waals surface area contributed by atoms with E-state index in [-0.39, 0.29) is 11.6 Å². The first-order chi connectivity index (χ1) is 10.1. The summed E-state index contributed by atoms with van der Waals surface area (Å²) in [5.41, 5.74) is 9.77. The molecule has 2 heteroatoms. The predicted octanol–water partition coefficient (Wildman–Crippen LogP) is 4.22. The Balaban J connectivity index is 1.85. The molecule has 2 aliphatic rings. The molecule has 1 aliphatic heterocycles. The normalized spacial score (nSPS) is 23.8. The molecule has 1 aliphatic carbocycles. The molecule has 1 aromatic carbocycles. The zero-order valence-electron chi connectivity index (χ0n) is 13.6. The average Bonchev–Trinajstić information content (AvgIpc) is 3.18. The van der Waals surface area contributed by atoms with Crippen LogP contribution in [0.25, 0.3) is 0 Å². The SMILES string of the molecule is CC(C)c1ccc(C(N)C2(N3CCCC3)CCCC2)cc1. The molecular formula is C19H30N2. The summed E-state index contributed by atoms with van der Waals surface area (Å²) in [6.07, 6.45) is 7.93. The van der Waals surface area contributed by atoms with Crippen molar-refractivity contribution < 1.29 is 0 Å². The second-order valence-electron chi connectivity index (χ2n) is 7.30. The molecule has 0 radical (unpaired) electrons. The highest BCUT2D eigenvalue weighted by molar-refractivity contribution is 5.29. The molecule has 3 rings (SSSR count). The van der Waals surface area contributed by atoms with Crippen LogP contribution >= 0.6 is 0 Å². The molecule has 2 fully saturated rings. The fraction of sp³-hybridized carbons (Fsp3) is 0.684. The molecule has 1 saturated heterocycles. The zero-order valence-corrected chi connectivity index (χ0v) is 13.6. The van der Waals surface area contributed by atoms with Gasteiger partial charge in [-0.25, -0.2) is 0 Å². The molecule has 0 bridgehead atoms. The van der Waals surface area contributed by atoms with E-state index in [9.17, 15) is 0 Å². The third kappa shape index (κ3) is 2.76. The molecule has 2 nitrogen and oxygen atoms in total. The van der Waals surface area contributed by atoms with Crippen LogP contribution in [0.2, 0.25) is 0 Å². The maximum atomic E-state index is 6.80. The Labute approximate surface area is 129 Å². The maximum absolute atomic E-state index is 6.80. The molecule has 1 atom stereocenters. The minimum atomic E-state index is 0.166. The van der Waals surface area contributed by atoms with Crippen LogP contribution in [0.1, 0.15) is 75.5 Å². The molecule has 1 heterocycles. The van der Waals surface area contributed by atoms with Gasteiger partial charge in [0, 0.05) is 11.6 Å². The summed E-state index contributed by atoms with van der Waals surface area (Å²) in [4.78, 5) is 2.71. The summed E-state index contributed by atoms with van der Waals surface area (Å²) >= 11 is 0. The lowest BCUT2D eigenvalue weighted by atomic mass is 9.82. The number of hydrogen-bond donors (Lipinski definition) is 1. The molecule has 2 N–H and O–H groups in total. The van der Waals surface area contributed by atoms with Crippen LogP contribution in [-0.2, 0) is 0 Å². The van der Waals surface area contributed by atoms with Gasteiger partial charge in [-0.15, -0.1) is 0 Å². The van der Waals surface area contributed by atoms with Crippen LogP contribution < -0.4 is 5.73 Å². The Hall–Kier alpha value is -0.860. The first-order valence-corrected chi connectivity index (χ1v) is 8.74. The van der Waals surface area contributed by atoms with Crippen LogP contribution in [0, 0.1) is 0 Å². The highest BCUT2D eigenvalue weighted by Gasteiger charge is 2.45. The third-order valence-electron chi connectivity index (χ3n) is 5.75. The predicted molar refractivity (Wildman–Crippen MR) is 89.5 cm³/mol. The van der Waals surface area contributed by atoms with Gasteiger partial charge in [0.2, 0.25) is 0 Å². The van der Waals surface area contributed by atoms with E-state index in [0.717, 1.165) is 0 Å². The highest BCUT2D eigenvalue weighted by atomic mass is 15.2. The van der Waals surface area contributed by atoms with Crippen molar-refractivity contribution in [1.29, 1.82) is 0 Å². The topological polar surface area (TPSA) is 29.3 Å². The molecule has 0 spiro atoms. The van der Waals surface area contributed by atoms with Crippen LogP contribution in [0.4, 0.5) is 0 Å². The Bertz CT molecular complexity index is 451. The first-order valence-electron chi connectivity index (χ1n) is 8.74. The Kier molecular flexibility index (Phi) is 4.37. The van der Waals surface area contributed by atoms with Crippen molar-refractivity contribution in [3.05, 3.63) is 35.4 Å². The molecule has 1 saturated carbocycles. The molecule has 0 amide bonds. The monoisotopic (exact) mass is 286 g/mol. The third-order valence-corrected chi connectivity index (χ3v) is 5.75. The van der Waals surface area contributed by atoms with Gasteiger partial charge in [-0.05, 0) is 55.8 Å². The minimum absolute atomic E-state index is 0.166. The lowest BCUT2D eigenvalue weighted by molar-refractivity contribution is 0.0922. The Morgan fingerprint density at radius 1 is 0.905 bits per heavy atom. The van der Waals surface area contributed by atoms with Crippen molar-refractivity contribution in [2.24, 2.45) is 5.73 Å². The van der Waals surface area contributed by atoms with E-state index in [1.807, 2.05) is 0 Å². The van der Waals surface area contributed by atoms with E-state index in [1.54, 1.807) is 0 Å².